The van der Waals surface area contributed by atoms with E-state index in [1.165, 1.54) is 140 Å². The van der Waals surface area contributed by atoms with Gasteiger partial charge in [-0.15, -0.1) is 0 Å². The van der Waals surface area contributed by atoms with E-state index in [2.05, 4.69) is 27.0 Å². The zero-order chi connectivity index (χ0) is 20.7. The lowest BCUT2D eigenvalue weighted by molar-refractivity contribution is 0.520. The highest BCUT2D eigenvalue weighted by Gasteiger charge is 1.97. The summed E-state index contributed by atoms with van der Waals surface area (Å²) in [6, 6.07) is 0. The predicted octanol–water partition coefficient (Wildman–Crippen LogP) is 10.7. The molecular formula is C28H54. The van der Waals surface area contributed by atoms with Gasteiger partial charge in [0.05, 0.1) is 0 Å². The standard InChI is InChI=1S/C28H54/c1-5-6-7-8-9-10-11-12-13-14-15-16-17-18-19-20-21-22-23-24-25-26-28(4)27(2)3/h2,4-26H2,1,3H3. The number of allylic oxidation sites excluding steroid dienone is 2. The lowest BCUT2D eigenvalue weighted by Gasteiger charge is -2.05. The molecule has 0 aliphatic carbocycles. The molecule has 0 nitrogen and oxygen atoms in total. The fourth-order valence-electron chi connectivity index (χ4n) is 3.98. The normalized spacial score (nSPS) is 11.1. The molecule has 0 aliphatic heterocycles. The van der Waals surface area contributed by atoms with Crippen molar-refractivity contribution in [2.75, 3.05) is 0 Å². The Kier molecular flexibility index (Phi) is 22.3. The van der Waals surface area contributed by atoms with Gasteiger partial charge in [0.15, 0.2) is 0 Å². The van der Waals surface area contributed by atoms with Crippen molar-refractivity contribution in [1.29, 1.82) is 0 Å². The van der Waals surface area contributed by atoms with Crippen LogP contribution in [0.2, 0.25) is 0 Å². The van der Waals surface area contributed by atoms with Crippen LogP contribution in [-0.4, -0.2) is 0 Å². The van der Waals surface area contributed by atoms with Crippen molar-refractivity contribution in [3.8, 4) is 0 Å². The van der Waals surface area contributed by atoms with Crippen LogP contribution in [-0.2, 0) is 0 Å². The highest BCUT2D eigenvalue weighted by atomic mass is 14.0. The lowest BCUT2D eigenvalue weighted by atomic mass is 10.0. The Morgan fingerprint density at radius 3 is 0.929 bits per heavy atom. The summed E-state index contributed by atoms with van der Waals surface area (Å²) in [5, 5.41) is 0. The van der Waals surface area contributed by atoms with Gasteiger partial charge in [-0.3, -0.25) is 0 Å². The third-order valence-electron chi connectivity index (χ3n) is 6.19. The summed E-state index contributed by atoms with van der Waals surface area (Å²) >= 11 is 0. The molecule has 0 N–H and O–H groups in total. The summed E-state index contributed by atoms with van der Waals surface area (Å²) in [6.45, 7) is 12.4. The number of hydrogen-bond donors (Lipinski definition) is 0. The molecule has 0 bridgehead atoms. The van der Waals surface area contributed by atoms with E-state index in [0.717, 1.165) is 12.0 Å². The molecule has 0 unspecified atom stereocenters. The summed E-state index contributed by atoms with van der Waals surface area (Å²) in [6.07, 6.45) is 31.5. The van der Waals surface area contributed by atoms with Gasteiger partial charge in [0.2, 0.25) is 0 Å². The SMILES string of the molecule is C=C(C)C(=C)CCCCCCCCCCCCCCCCCCCCCCC. The topological polar surface area (TPSA) is 0 Å². The largest absolute Gasteiger partial charge is 0.0959 e. The third kappa shape index (κ3) is 21.8. The molecule has 0 aromatic carbocycles. The highest BCUT2D eigenvalue weighted by molar-refractivity contribution is 5.22. The second-order valence-corrected chi connectivity index (χ2v) is 9.20. The summed E-state index contributed by atoms with van der Waals surface area (Å²) < 4.78 is 0. The van der Waals surface area contributed by atoms with Crippen molar-refractivity contribution >= 4 is 0 Å². The Morgan fingerprint density at radius 1 is 0.429 bits per heavy atom. The fraction of sp³-hybridized carbons (Fsp3) is 0.857. The zero-order valence-corrected chi connectivity index (χ0v) is 20.0. The molecule has 166 valence electrons. The minimum Gasteiger partial charge on any atom is -0.0959 e. The molecular weight excluding hydrogens is 336 g/mol. The highest BCUT2D eigenvalue weighted by Crippen LogP contribution is 2.17. The lowest BCUT2D eigenvalue weighted by Crippen LogP contribution is -1.85. The van der Waals surface area contributed by atoms with Crippen LogP contribution in [0.4, 0.5) is 0 Å². The first-order valence-electron chi connectivity index (χ1n) is 13.0. The van der Waals surface area contributed by atoms with Gasteiger partial charge in [-0.1, -0.05) is 160 Å². The smallest absolute Gasteiger partial charge is 0.0282 e. The maximum atomic E-state index is 4.08. The van der Waals surface area contributed by atoms with Crippen molar-refractivity contribution in [2.24, 2.45) is 0 Å². The third-order valence-corrected chi connectivity index (χ3v) is 6.19. The van der Waals surface area contributed by atoms with Gasteiger partial charge < -0.3 is 0 Å². The first kappa shape index (κ1) is 27.5. The first-order chi connectivity index (χ1) is 13.7. The van der Waals surface area contributed by atoms with Gasteiger partial charge in [-0.25, -0.2) is 0 Å². The van der Waals surface area contributed by atoms with Crippen molar-refractivity contribution < 1.29 is 0 Å². The van der Waals surface area contributed by atoms with E-state index in [0.29, 0.717) is 0 Å². The Bertz CT molecular complexity index is 338. The maximum Gasteiger partial charge on any atom is -0.0282 e. The van der Waals surface area contributed by atoms with Crippen LogP contribution in [0.3, 0.4) is 0 Å². The molecule has 0 rings (SSSR count). The molecule has 0 spiro atoms. The van der Waals surface area contributed by atoms with Crippen LogP contribution in [0, 0.1) is 0 Å². The van der Waals surface area contributed by atoms with Crippen molar-refractivity contribution in [3.05, 3.63) is 24.3 Å². The number of hydrogen-bond acceptors (Lipinski definition) is 0. The minimum atomic E-state index is 1.15. The molecule has 0 heterocycles. The molecule has 0 atom stereocenters. The average Bonchev–Trinajstić information content (AvgIpc) is 2.68. The second-order valence-electron chi connectivity index (χ2n) is 9.20. The Balaban J connectivity index is 3.05. The maximum absolute atomic E-state index is 4.08. The van der Waals surface area contributed by atoms with Crippen LogP contribution < -0.4 is 0 Å². The van der Waals surface area contributed by atoms with Gasteiger partial charge in [0, 0.05) is 0 Å². The van der Waals surface area contributed by atoms with Crippen LogP contribution in [0.5, 0.6) is 0 Å². The van der Waals surface area contributed by atoms with E-state index < -0.39 is 0 Å². The molecule has 0 fully saturated rings. The minimum absolute atomic E-state index is 1.15. The predicted molar refractivity (Wildman–Crippen MR) is 131 cm³/mol. The molecule has 0 aromatic heterocycles. The van der Waals surface area contributed by atoms with Crippen LogP contribution in [0.25, 0.3) is 0 Å². The van der Waals surface area contributed by atoms with E-state index in [4.69, 9.17) is 0 Å². The van der Waals surface area contributed by atoms with Crippen molar-refractivity contribution in [1.82, 2.24) is 0 Å². The second kappa shape index (κ2) is 22.8. The molecule has 28 heavy (non-hydrogen) atoms. The molecule has 0 aliphatic rings. The molecule has 0 radical (unpaired) electrons. The number of unbranched alkanes of at least 4 members (excludes halogenated alkanes) is 20. The molecule has 0 saturated carbocycles. The summed E-state index contributed by atoms with van der Waals surface area (Å²) in [7, 11) is 0. The molecule has 0 saturated heterocycles. The number of rotatable bonds is 23. The fourth-order valence-corrected chi connectivity index (χ4v) is 3.98. The molecule has 0 heteroatoms. The van der Waals surface area contributed by atoms with Gasteiger partial charge in [0.25, 0.3) is 0 Å². The van der Waals surface area contributed by atoms with E-state index in [9.17, 15) is 0 Å². The summed E-state index contributed by atoms with van der Waals surface area (Å²) in [5.74, 6) is 0. The summed E-state index contributed by atoms with van der Waals surface area (Å²) in [5.41, 5.74) is 2.41. The quantitative estimate of drug-likeness (QED) is 0.120. The van der Waals surface area contributed by atoms with E-state index in [-0.39, 0.29) is 0 Å². The van der Waals surface area contributed by atoms with Gasteiger partial charge >= 0.3 is 0 Å². The van der Waals surface area contributed by atoms with Crippen LogP contribution in [0.1, 0.15) is 155 Å². The first-order valence-corrected chi connectivity index (χ1v) is 13.0. The monoisotopic (exact) mass is 390 g/mol. The van der Waals surface area contributed by atoms with Crippen LogP contribution >= 0.6 is 0 Å². The van der Waals surface area contributed by atoms with E-state index >= 15 is 0 Å². The Hall–Kier alpha value is -0.520. The Morgan fingerprint density at radius 2 is 0.679 bits per heavy atom. The van der Waals surface area contributed by atoms with Gasteiger partial charge in [-0.2, -0.15) is 0 Å². The Labute approximate surface area is 179 Å². The van der Waals surface area contributed by atoms with Crippen molar-refractivity contribution in [3.63, 3.8) is 0 Å². The zero-order valence-electron chi connectivity index (χ0n) is 20.0. The average molecular weight is 391 g/mol. The van der Waals surface area contributed by atoms with Crippen molar-refractivity contribution in [2.45, 2.75) is 155 Å². The van der Waals surface area contributed by atoms with Crippen LogP contribution in [0.15, 0.2) is 24.3 Å². The van der Waals surface area contributed by atoms with Gasteiger partial charge in [-0.05, 0) is 19.8 Å². The molecule has 0 amide bonds. The summed E-state index contributed by atoms with van der Waals surface area (Å²) in [4.78, 5) is 0. The molecule has 0 aromatic rings. The van der Waals surface area contributed by atoms with Gasteiger partial charge in [0.1, 0.15) is 0 Å². The van der Waals surface area contributed by atoms with E-state index in [1.54, 1.807) is 0 Å². The van der Waals surface area contributed by atoms with E-state index in [1.807, 2.05) is 0 Å².